The van der Waals surface area contributed by atoms with Gasteiger partial charge in [-0.1, -0.05) is 71.7 Å². The molecule has 0 aromatic heterocycles. The number of carboxylic acid groups (broad SMARTS) is 3. The van der Waals surface area contributed by atoms with Crippen LogP contribution in [0.1, 0.15) is 71.0 Å². The van der Waals surface area contributed by atoms with Gasteiger partial charge in [-0.3, -0.25) is 14.4 Å². The number of fused-ring (bicyclic) bond motifs is 1. The van der Waals surface area contributed by atoms with Crippen LogP contribution in [0.5, 0.6) is 0 Å². The summed E-state index contributed by atoms with van der Waals surface area (Å²) in [6.07, 6.45) is 2.09. The number of nitrogens with zero attached hydrogens (tertiary/aromatic N) is 3. The lowest BCUT2D eigenvalue weighted by atomic mass is 9.88. The number of likely N-dealkylation sites (tertiary alicyclic amines) is 1. The van der Waals surface area contributed by atoms with Crippen molar-refractivity contribution in [1.82, 2.24) is 14.5 Å². The Morgan fingerprint density at radius 1 is 0.967 bits per heavy atom. The molecule has 0 bridgehead atoms. The van der Waals surface area contributed by atoms with Crippen molar-refractivity contribution < 1.29 is 48.0 Å². The molecular weight excluding hydrogens is 856 g/mol. The standard InChI is InChI=1S/C36H38Cl2N4O3S2.C6H8O7/c1-40-47(44,45)33-11-7-6-9-29(33)24-14-17-42(18-15-24)19-16-27(25-12-13-31(37)32(38)21-25)23-41(2)36(43)34-30-10-5-4-8-26(30)20-28(22-39)35(34)46-3;7-3(8)1-6(13,5(11)12)2-4(9)10/h4-13,20-21,24,27,40H,14-19,23H2,1-3H3;13H,1-2H2,(H,7,8)(H,9,10)(H,11,12). The number of aliphatic carboxylic acids is 3. The Balaban J connectivity index is 0.000000526. The topological polar surface area (TPSA) is 226 Å². The van der Waals surface area contributed by atoms with Crippen molar-refractivity contribution in [2.45, 2.75) is 59.3 Å². The van der Waals surface area contributed by atoms with Crippen LogP contribution in [0.4, 0.5) is 0 Å². The third kappa shape index (κ3) is 12.0. The highest BCUT2D eigenvalue weighted by Gasteiger charge is 2.41. The number of carboxylic acids is 3. The summed E-state index contributed by atoms with van der Waals surface area (Å²) in [6, 6.07) is 24.7. The Morgan fingerprint density at radius 2 is 1.58 bits per heavy atom. The number of nitriles is 1. The smallest absolute Gasteiger partial charge is 0.336 e. The van der Waals surface area contributed by atoms with Crippen LogP contribution < -0.4 is 4.72 Å². The second-order valence-electron chi connectivity index (χ2n) is 14.3. The molecule has 18 heteroatoms. The maximum atomic E-state index is 14.2. The number of nitrogens with one attached hydrogen (secondary N) is 1. The van der Waals surface area contributed by atoms with Crippen molar-refractivity contribution >= 4 is 79.6 Å². The van der Waals surface area contributed by atoms with Gasteiger partial charge in [-0.2, -0.15) is 5.26 Å². The predicted octanol–water partition coefficient (Wildman–Crippen LogP) is 6.53. The number of sulfonamides is 1. The first kappa shape index (κ1) is 47.9. The third-order valence-electron chi connectivity index (χ3n) is 10.4. The Hall–Kier alpha value is -4.73. The number of aliphatic hydroxyl groups is 1. The fraction of sp³-hybridized carbons (Fsp3) is 0.357. The number of piperidine rings is 1. The number of hydrogen-bond acceptors (Lipinski definition) is 10. The first-order chi connectivity index (χ1) is 28.3. The molecule has 1 atom stereocenters. The molecule has 1 aliphatic rings. The highest BCUT2D eigenvalue weighted by Crippen LogP contribution is 2.36. The minimum Gasteiger partial charge on any atom is -0.481 e. The molecule has 0 aliphatic carbocycles. The largest absolute Gasteiger partial charge is 0.481 e. The van der Waals surface area contributed by atoms with Crippen molar-refractivity contribution in [1.29, 1.82) is 5.26 Å². The van der Waals surface area contributed by atoms with E-state index in [4.69, 9.17) is 43.6 Å². The first-order valence-electron chi connectivity index (χ1n) is 18.7. The molecule has 0 saturated carbocycles. The summed E-state index contributed by atoms with van der Waals surface area (Å²) in [4.78, 5) is 49.9. The molecular formula is C42H46Cl2N4O10S2. The molecule has 320 valence electrons. The van der Waals surface area contributed by atoms with Gasteiger partial charge in [-0.05, 0) is 104 Å². The van der Waals surface area contributed by atoms with Gasteiger partial charge < -0.3 is 30.2 Å². The van der Waals surface area contributed by atoms with E-state index in [0.29, 0.717) is 37.5 Å². The Kier molecular flexibility index (Phi) is 16.9. The molecule has 5 rings (SSSR count). The van der Waals surface area contributed by atoms with Crippen LogP contribution in [-0.4, -0.2) is 115 Å². The summed E-state index contributed by atoms with van der Waals surface area (Å²) in [5.41, 5.74) is 0.167. The number of rotatable bonds is 16. The Bertz CT molecular complexity index is 2370. The molecule has 4 aromatic carbocycles. The van der Waals surface area contributed by atoms with E-state index in [0.717, 1.165) is 60.8 Å². The van der Waals surface area contributed by atoms with Crippen molar-refractivity contribution in [3.63, 3.8) is 0 Å². The molecule has 14 nitrogen and oxygen atoms in total. The van der Waals surface area contributed by atoms with Gasteiger partial charge in [-0.15, -0.1) is 11.8 Å². The lowest BCUT2D eigenvalue weighted by Crippen LogP contribution is -2.42. The van der Waals surface area contributed by atoms with Crippen molar-refractivity contribution in [2.24, 2.45) is 0 Å². The summed E-state index contributed by atoms with van der Waals surface area (Å²) in [5.74, 6) is -5.02. The fourth-order valence-electron chi connectivity index (χ4n) is 7.26. The summed E-state index contributed by atoms with van der Waals surface area (Å²) in [7, 11) is -0.289. The maximum Gasteiger partial charge on any atom is 0.336 e. The highest BCUT2D eigenvalue weighted by atomic mass is 35.5. The molecule has 60 heavy (non-hydrogen) atoms. The van der Waals surface area contributed by atoms with Crippen LogP contribution in [0.25, 0.3) is 10.8 Å². The van der Waals surface area contributed by atoms with Gasteiger partial charge in [0, 0.05) is 24.4 Å². The molecule has 0 spiro atoms. The molecule has 0 radical (unpaired) electrons. The number of likely N-dealkylation sites (N-methyl/N-ethyl adjacent to an activating group) is 1. The van der Waals surface area contributed by atoms with E-state index in [-0.39, 0.29) is 17.7 Å². The third-order valence-corrected chi connectivity index (χ3v) is 13.4. The number of carbonyl (C=O) groups is 4. The molecule has 5 N–H and O–H groups in total. The number of thioether (sulfide) groups is 1. The maximum absolute atomic E-state index is 14.2. The van der Waals surface area contributed by atoms with E-state index in [1.54, 1.807) is 23.1 Å². The lowest BCUT2D eigenvalue weighted by Gasteiger charge is -2.34. The zero-order chi connectivity index (χ0) is 44.4. The summed E-state index contributed by atoms with van der Waals surface area (Å²) in [6.45, 7) is 2.93. The molecule has 1 aliphatic heterocycles. The number of hydrogen-bond donors (Lipinski definition) is 5. The van der Waals surface area contributed by atoms with Gasteiger partial charge in [-0.25, -0.2) is 17.9 Å². The van der Waals surface area contributed by atoms with E-state index in [1.165, 1.54) is 18.8 Å². The molecule has 1 saturated heterocycles. The van der Waals surface area contributed by atoms with Crippen molar-refractivity contribution in [3.8, 4) is 6.07 Å². The van der Waals surface area contributed by atoms with Gasteiger partial charge in [0.2, 0.25) is 10.0 Å². The summed E-state index contributed by atoms with van der Waals surface area (Å²) < 4.78 is 27.8. The van der Waals surface area contributed by atoms with Gasteiger partial charge in [0.25, 0.3) is 5.91 Å². The number of amides is 1. The Labute approximate surface area is 362 Å². The van der Waals surface area contributed by atoms with Crippen LogP contribution in [-0.2, 0) is 24.4 Å². The van der Waals surface area contributed by atoms with Crippen molar-refractivity contribution in [3.05, 3.63) is 105 Å². The summed E-state index contributed by atoms with van der Waals surface area (Å²) in [5, 5.41) is 46.3. The molecule has 4 aromatic rings. The second kappa shape index (κ2) is 21.2. The van der Waals surface area contributed by atoms with Crippen LogP contribution in [0.15, 0.2) is 82.6 Å². The molecule has 1 unspecified atom stereocenters. The molecule has 1 fully saturated rings. The van der Waals surface area contributed by atoms with Crippen LogP contribution in [0, 0.1) is 11.3 Å². The van der Waals surface area contributed by atoms with Gasteiger partial charge >= 0.3 is 17.9 Å². The average Bonchev–Trinajstić information content (AvgIpc) is 3.22. The fourth-order valence-corrected chi connectivity index (χ4v) is 9.32. The SMILES string of the molecule is CNS(=O)(=O)c1ccccc1C1CCN(CCC(CN(C)C(=O)c2c(SC)c(C#N)cc3ccccc23)c2ccc(Cl)c(Cl)c2)CC1.O=C(O)CC(O)(CC(=O)O)C(=O)O. The van der Waals surface area contributed by atoms with E-state index in [2.05, 4.69) is 15.7 Å². The average molecular weight is 902 g/mol. The minimum atomic E-state index is -3.54. The molecule has 1 heterocycles. The number of halogens is 2. The van der Waals surface area contributed by atoms with E-state index in [9.17, 15) is 32.9 Å². The van der Waals surface area contributed by atoms with Gasteiger partial charge in [0.15, 0.2) is 5.60 Å². The Morgan fingerprint density at radius 3 is 2.15 bits per heavy atom. The van der Waals surface area contributed by atoms with Gasteiger partial charge in [0.05, 0.1) is 38.9 Å². The van der Waals surface area contributed by atoms with Crippen LogP contribution in [0.2, 0.25) is 10.0 Å². The van der Waals surface area contributed by atoms with Gasteiger partial charge in [0.1, 0.15) is 6.07 Å². The second-order valence-corrected chi connectivity index (χ2v) is 17.8. The van der Waals surface area contributed by atoms with E-state index >= 15 is 0 Å². The predicted molar refractivity (Wildman–Crippen MR) is 229 cm³/mol. The highest BCUT2D eigenvalue weighted by molar-refractivity contribution is 7.98. The number of carbonyl (C=O) groups excluding carboxylic acids is 1. The molecule has 1 amide bonds. The van der Waals surface area contributed by atoms with Crippen LogP contribution >= 0.6 is 35.0 Å². The monoisotopic (exact) mass is 900 g/mol. The van der Waals surface area contributed by atoms with E-state index in [1.807, 2.05) is 67.9 Å². The first-order valence-corrected chi connectivity index (χ1v) is 22.2. The zero-order valence-electron chi connectivity index (χ0n) is 33.1. The summed E-state index contributed by atoms with van der Waals surface area (Å²) >= 11 is 14.2. The number of benzene rings is 4. The van der Waals surface area contributed by atoms with E-state index < -0.39 is 46.4 Å². The zero-order valence-corrected chi connectivity index (χ0v) is 36.2. The van der Waals surface area contributed by atoms with Crippen molar-refractivity contribution in [2.75, 3.05) is 46.5 Å². The lowest BCUT2D eigenvalue weighted by molar-refractivity contribution is -0.170. The van der Waals surface area contributed by atoms with Crippen LogP contribution in [0.3, 0.4) is 0 Å². The normalized spacial score (nSPS) is 14.1. The quantitative estimate of drug-likeness (QED) is 0.0756. The minimum absolute atomic E-state index is 0.0268.